The van der Waals surface area contributed by atoms with E-state index in [1.54, 1.807) is 0 Å². The van der Waals surface area contributed by atoms with Gasteiger partial charge in [0, 0.05) is 6.42 Å². The van der Waals surface area contributed by atoms with Crippen molar-refractivity contribution in [3.8, 4) is 0 Å². The topological polar surface area (TPSA) is 58.7 Å². The zero-order valence-electron chi connectivity index (χ0n) is 29.0. The molecule has 3 aliphatic rings. The van der Waals surface area contributed by atoms with E-state index in [4.69, 9.17) is 28.1 Å². The lowest BCUT2D eigenvalue weighted by Crippen LogP contribution is -2.67. The molecule has 258 valence electrons. The first-order chi connectivity index (χ1) is 23.9. The summed E-state index contributed by atoms with van der Waals surface area (Å²) in [6.45, 7) is 9.58. The van der Waals surface area contributed by atoms with E-state index in [1.807, 2.05) is 36.4 Å². The van der Waals surface area contributed by atoms with E-state index in [0.29, 0.717) is 33.0 Å². The molecule has 6 nitrogen and oxygen atoms in total. The number of epoxide rings is 1. The van der Waals surface area contributed by atoms with E-state index < -0.39 is 8.32 Å². The van der Waals surface area contributed by atoms with Crippen LogP contribution in [0.3, 0.4) is 0 Å². The van der Waals surface area contributed by atoms with Crippen LogP contribution in [0, 0.1) is 0 Å². The summed E-state index contributed by atoms with van der Waals surface area (Å²) in [7, 11) is -2.75. The van der Waals surface area contributed by atoms with Crippen LogP contribution in [0.4, 0.5) is 0 Å². The van der Waals surface area contributed by atoms with E-state index in [2.05, 4.69) is 106 Å². The molecule has 7 rings (SSSR count). The number of rotatable bonds is 12. The van der Waals surface area contributed by atoms with Gasteiger partial charge in [0.05, 0.1) is 51.3 Å². The van der Waals surface area contributed by atoms with Gasteiger partial charge in [-0.25, -0.2) is 0 Å². The molecular formula is C42H50O6Si. The van der Waals surface area contributed by atoms with Crippen molar-refractivity contribution in [1.29, 1.82) is 0 Å². The molecule has 6 atom stereocenters. The minimum atomic E-state index is -2.75. The second-order valence-electron chi connectivity index (χ2n) is 14.8. The van der Waals surface area contributed by atoms with Crippen LogP contribution in [0.15, 0.2) is 121 Å². The van der Waals surface area contributed by atoms with Gasteiger partial charge >= 0.3 is 0 Å². The van der Waals surface area contributed by atoms with E-state index in [9.17, 15) is 0 Å². The van der Waals surface area contributed by atoms with Crippen molar-refractivity contribution in [3.05, 3.63) is 132 Å². The van der Waals surface area contributed by atoms with Gasteiger partial charge in [-0.1, -0.05) is 142 Å². The Morgan fingerprint density at radius 2 is 1.24 bits per heavy atom. The Morgan fingerprint density at radius 3 is 1.80 bits per heavy atom. The van der Waals surface area contributed by atoms with Gasteiger partial charge in [0.15, 0.2) is 0 Å². The summed E-state index contributed by atoms with van der Waals surface area (Å²) in [5.41, 5.74) is 1.93. The second-order valence-corrected chi connectivity index (χ2v) is 19.1. The van der Waals surface area contributed by atoms with Gasteiger partial charge < -0.3 is 28.1 Å². The minimum Gasteiger partial charge on any atom is -0.405 e. The van der Waals surface area contributed by atoms with E-state index in [0.717, 1.165) is 30.4 Å². The first-order valence-corrected chi connectivity index (χ1v) is 19.7. The summed E-state index contributed by atoms with van der Waals surface area (Å²) in [5.74, 6) is 0. The Morgan fingerprint density at radius 1 is 0.694 bits per heavy atom. The number of fused-ring (bicyclic) bond motifs is 1. The van der Waals surface area contributed by atoms with Crippen LogP contribution in [0.1, 0.15) is 51.2 Å². The predicted octanol–water partition coefficient (Wildman–Crippen LogP) is 6.84. The third-order valence-corrected chi connectivity index (χ3v) is 15.5. The molecule has 0 aromatic heterocycles. The Hall–Kier alpha value is -3.14. The predicted molar refractivity (Wildman–Crippen MR) is 195 cm³/mol. The van der Waals surface area contributed by atoms with Crippen LogP contribution in [0.5, 0.6) is 0 Å². The smallest absolute Gasteiger partial charge is 0.261 e. The van der Waals surface area contributed by atoms with Gasteiger partial charge in [-0.2, -0.15) is 0 Å². The molecule has 1 spiro atoms. The van der Waals surface area contributed by atoms with Crippen molar-refractivity contribution in [1.82, 2.24) is 0 Å². The Bertz CT molecular complexity index is 1550. The van der Waals surface area contributed by atoms with Crippen LogP contribution < -0.4 is 10.4 Å². The molecule has 49 heavy (non-hydrogen) atoms. The first kappa shape index (κ1) is 34.3. The number of hydrogen-bond acceptors (Lipinski definition) is 6. The van der Waals surface area contributed by atoms with Crippen molar-refractivity contribution in [3.63, 3.8) is 0 Å². The van der Waals surface area contributed by atoms with Crippen molar-refractivity contribution in [2.75, 3.05) is 19.8 Å². The van der Waals surface area contributed by atoms with Crippen LogP contribution in [-0.2, 0) is 41.3 Å². The summed E-state index contributed by atoms with van der Waals surface area (Å²) < 4.78 is 40.5. The molecule has 3 heterocycles. The summed E-state index contributed by atoms with van der Waals surface area (Å²) in [6.07, 6.45) is 1.67. The molecule has 0 bridgehead atoms. The average Bonchev–Trinajstić information content (AvgIpc) is 3.94. The van der Waals surface area contributed by atoms with Crippen LogP contribution >= 0.6 is 0 Å². The second kappa shape index (κ2) is 15.0. The van der Waals surface area contributed by atoms with Gasteiger partial charge in [0.1, 0.15) is 17.8 Å². The van der Waals surface area contributed by atoms with Gasteiger partial charge in [-0.15, -0.1) is 0 Å². The fourth-order valence-electron chi connectivity index (χ4n) is 7.75. The zero-order chi connectivity index (χ0) is 33.7. The Labute approximate surface area is 292 Å². The molecule has 3 aliphatic heterocycles. The quantitative estimate of drug-likeness (QED) is 0.121. The standard InChI is InChI=1S/C42H50O6Si/c1-41(2,3)49(34-20-12-6-13-21-34,35-22-14-7-15-23-35)46-30-40-42(31-45-42)25-24-36-38(48-40)26-37(44-28-33-18-10-5-11-19-33)39(47-36)29-43-27-32-16-8-4-9-17-32/h4-23,36-40H,24-31H2,1-3H3/t36-,37-,38+,39+,40-,42-/m0/s1. The van der Waals surface area contributed by atoms with Gasteiger partial charge in [0.2, 0.25) is 0 Å². The van der Waals surface area contributed by atoms with E-state index in [1.165, 1.54) is 10.4 Å². The van der Waals surface area contributed by atoms with Crippen molar-refractivity contribution >= 4 is 18.7 Å². The Kier molecular flexibility index (Phi) is 10.5. The largest absolute Gasteiger partial charge is 0.405 e. The zero-order valence-corrected chi connectivity index (χ0v) is 30.0. The monoisotopic (exact) mass is 678 g/mol. The highest BCUT2D eigenvalue weighted by Gasteiger charge is 2.58. The highest BCUT2D eigenvalue weighted by atomic mass is 28.4. The molecule has 0 aliphatic carbocycles. The highest BCUT2D eigenvalue weighted by molar-refractivity contribution is 6.99. The molecule has 4 aromatic rings. The van der Waals surface area contributed by atoms with Gasteiger partial charge in [-0.3, -0.25) is 0 Å². The van der Waals surface area contributed by atoms with E-state index >= 15 is 0 Å². The summed E-state index contributed by atoms with van der Waals surface area (Å²) in [4.78, 5) is 0. The summed E-state index contributed by atoms with van der Waals surface area (Å²) >= 11 is 0. The molecule has 0 saturated carbocycles. The lowest BCUT2D eigenvalue weighted by atomic mass is 9.93. The number of benzene rings is 4. The summed E-state index contributed by atoms with van der Waals surface area (Å²) in [6, 6.07) is 42.2. The molecule has 4 aromatic carbocycles. The Balaban J connectivity index is 1.11. The van der Waals surface area contributed by atoms with Crippen molar-refractivity contribution in [2.24, 2.45) is 0 Å². The maximum absolute atomic E-state index is 7.41. The number of ether oxygens (including phenoxy) is 5. The fraction of sp³-hybridized carbons (Fsp3) is 0.429. The molecule has 3 fully saturated rings. The average molecular weight is 679 g/mol. The van der Waals surface area contributed by atoms with Crippen LogP contribution in [0.25, 0.3) is 0 Å². The summed E-state index contributed by atoms with van der Waals surface area (Å²) in [5, 5.41) is 2.40. The molecule has 0 amide bonds. The van der Waals surface area contributed by atoms with Crippen LogP contribution in [-0.4, -0.2) is 64.3 Å². The highest BCUT2D eigenvalue weighted by Crippen LogP contribution is 2.45. The third kappa shape index (κ3) is 7.64. The maximum Gasteiger partial charge on any atom is 0.261 e. The van der Waals surface area contributed by atoms with Gasteiger partial charge in [0.25, 0.3) is 8.32 Å². The maximum atomic E-state index is 7.41. The molecule has 0 unspecified atom stereocenters. The van der Waals surface area contributed by atoms with Crippen molar-refractivity contribution in [2.45, 2.75) is 94.4 Å². The normalized spacial score (nSPS) is 27.0. The molecule has 3 saturated heterocycles. The lowest BCUT2D eigenvalue weighted by Gasteiger charge is -2.44. The fourth-order valence-corrected chi connectivity index (χ4v) is 12.3. The van der Waals surface area contributed by atoms with E-state index in [-0.39, 0.29) is 41.2 Å². The molecule has 7 heteroatoms. The lowest BCUT2D eigenvalue weighted by molar-refractivity contribution is -0.220. The third-order valence-electron chi connectivity index (χ3n) is 10.5. The molecular weight excluding hydrogens is 629 g/mol. The molecule has 0 radical (unpaired) electrons. The molecule has 0 N–H and O–H groups in total. The SMILES string of the molecule is CC(C)(C)[Si](OC[C@@H]1O[C@@H]2C[C@H](OCc3ccccc3)[C@@H](COCc3ccccc3)O[C@H]2CC[C@]12CO2)(c1ccccc1)c1ccccc1. The minimum absolute atomic E-state index is 0.0687. The van der Waals surface area contributed by atoms with Gasteiger partial charge in [-0.05, 0) is 39.4 Å². The first-order valence-electron chi connectivity index (χ1n) is 17.8. The van der Waals surface area contributed by atoms with Crippen LogP contribution in [0.2, 0.25) is 5.04 Å². The van der Waals surface area contributed by atoms with Crippen molar-refractivity contribution < 1.29 is 28.1 Å². The number of hydrogen-bond donors (Lipinski definition) is 0.